The molecule has 2 unspecified atom stereocenters. The van der Waals surface area contributed by atoms with Crippen molar-refractivity contribution in [3.8, 4) is 5.75 Å². The molecule has 8 heteroatoms. The average molecular weight is 418 g/mol. The van der Waals surface area contributed by atoms with Crippen LogP contribution in [0, 0.1) is 0 Å². The Morgan fingerprint density at radius 3 is 2.59 bits per heavy atom. The summed E-state index contributed by atoms with van der Waals surface area (Å²) in [6.07, 6.45) is 1.88. The van der Waals surface area contributed by atoms with Crippen LogP contribution >= 0.6 is 0 Å². The molecule has 29 heavy (non-hydrogen) atoms. The van der Waals surface area contributed by atoms with Gasteiger partial charge in [0.15, 0.2) is 9.84 Å². The number of hydrogen-bond acceptors (Lipinski definition) is 6. The van der Waals surface area contributed by atoms with Gasteiger partial charge < -0.3 is 15.8 Å². The number of carbonyl (C=O) groups is 1. The molecule has 0 radical (unpaired) electrons. The van der Waals surface area contributed by atoms with Gasteiger partial charge in [-0.2, -0.15) is 0 Å². The van der Waals surface area contributed by atoms with Crippen LogP contribution in [0.3, 0.4) is 0 Å². The largest absolute Gasteiger partial charge is 0.496 e. The lowest BCUT2D eigenvalue weighted by Gasteiger charge is -2.25. The summed E-state index contributed by atoms with van der Waals surface area (Å²) in [6, 6.07) is 13.0. The Labute approximate surface area is 171 Å². The highest BCUT2D eigenvalue weighted by molar-refractivity contribution is 7.90. The number of nitrogen functional groups attached to an aromatic ring is 1. The molecule has 0 spiro atoms. The highest BCUT2D eigenvalue weighted by Gasteiger charge is 2.32. The van der Waals surface area contributed by atoms with E-state index in [0.29, 0.717) is 0 Å². The van der Waals surface area contributed by atoms with Gasteiger partial charge >= 0.3 is 0 Å². The molecule has 1 saturated heterocycles. The third-order valence-corrected chi connectivity index (χ3v) is 6.56. The fraction of sp³-hybridized carbons (Fsp3) is 0.381. The van der Waals surface area contributed by atoms with Gasteiger partial charge in [0.1, 0.15) is 5.75 Å². The number of benzene rings is 2. The number of ether oxygens (including phenoxy) is 1. The lowest BCUT2D eigenvalue weighted by Crippen LogP contribution is -2.43. The van der Waals surface area contributed by atoms with Crippen molar-refractivity contribution in [2.75, 3.05) is 25.6 Å². The Bertz CT molecular complexity index is 992. The zero-order valence-electron chi connectivity index (χ0n) is 16.9. The zero-order valence-corrected chi connectivity index (χ0v) is 17.7. The van der Waals surface area contributed by atoms with Gasteiger partial charge in [-0.25, -0.2) is 8.42 Å². The van der Waals surface area contributed by atoms with E-state index in [-0.39, 0.29) is 39.9 Å². The van der Waals surface area contributed by atoms with Crippen LogP contribution in [0.2, 0.25) is 0 Å². The molecule has 1 aliphatic rings. The van der Waals surface area contributed by atoms with Crippen LogP contribution in [-0.4, -0.2) is 51.2 Å². The molecule has 2 atom stereocenters. The lowest BCUT2D eigenvalue weighted by molar-refractivity contribution is 0.0923. The van der Waals surface area contributed by atoms with Crippen LogP contribution in [0.25, 0.3) is 0 Å². The van der Waals surface area contributed by atoms with Gasteiger partial charge in [0.05, 0.1) is 23.3 Å². The Morgan fingerprint density at radius 2 is 1.97 bits per heavy atom. The van der Waals surface area contributed by atoms with Crippen molar-refractivity contribution in [2.45, 2.75) is 36.9 Å². The van der Waals surface area contributed by atoms with E-state index in [1.54, 1.807) is 0 Å². The quantitative estimate of drug-likeness (QED) is 0.698. The molecule has 2 aromatic carbocycles. The number of likely N-dealkylation sites (tertiary alicyclic amines) is 1. The van der Waals surface area contributed by atoms with Crippen LogP contribution in [0.15, 0.2) is 47.4 Å². The summed E-state index contributed by atoms with van der Waals surface area (Å²) >= 11 is 0. The summed E-state index contributed by atoms with van der Waals surface area (Å²) in [6.45, 7) is 3.77. The number of anilines is 1. The van der Waals surface area contributed by atoms with E-state index in [0.717, 1.165) is 25.8 Å². The molecule has 3 rings (SSSR count). The third-order valence-electron chi connectivity index (χ3n) is 5.41. The standard InChI is InChI=1S/C21H27N3O4S/c1-14-18(9-10-24(14)13-15-7-5-4-6-8-15)23-21(25)16-11-20(29(3,26)27)17(22)12-19(16)28-2/h4-8,11-12,14,18H,9-10,13,22H2,1-3H3,(H,23,25). The molecule has 7 nitrogen and oxygen atoms in total. The smallest absolute Gasteiger partial charge is 0.255 e. The Kier molecular flexibility index (Phi) is 6.14. The SMILES string of the molecule is COc1cc(N)c(S(C)(=O)=O)cc1C(=O)NC1CCN(Cc2ccccc2)C1C. The molecule has 1 fully saturated rings. The predicted molar refractivity (Wildman–Crippen MR) is 113 cm³/mol. The van der Waals surface area contributed by atoms with Crippen molar-refractivity contribution >= 4 is 21.4 Å². The van der Waals surface area contributed by atoms with Crippen molar-refractivity contribution in [3.05, 3.63) is 53.6 Å². The minimum Gasteiger partial charge on any atom is -0.496 e. The van der Waals surface area contributed by atoms with Crippen molar-refractivity contribution < 1.29 is 17.9 Å². The topological polar surface area (TPSA) is 102 Å². The minimum atomic E-state index is -3.56. The van der Waals surface area contributed by atoms with Crippen LogP contribution in [0.1, 0.15) is 29.3 Å². The molecule has 2 aromatic rings. The van der Waals surface area contributed by atoms with Crippen LogP contribution in [-0.2, 0) is 16.4 Å². The lowest BCUT2D eigenvalue weighted by atomic mass is 10.1. The first-order valence-corrected chi connectivity index (χ1v) is 11.4. The van der Waals surface area contributed by atoms with E-state index in [2.05, 4.69) is 29.3 Å². The van der Waals surface area contributed by atoms with E-state index in [1.165, 1.54) is 24.8 Å². The first-order chi connectivity index (χ1) is 13.7. The molecule has 0 aliphatic carbocycles. The highest BCUT2D eigenvalue weighted by atomic mass is 32.2. The van der Waals surface area contributed by atoms with Gasteiger partial charge in [-0.1, -0.05) is 30.3 Å². The molecule has 1 amide bonds. The second kappa shape index (κ2) is 8.42. The summed E-state index contributed by atoms with van der Waals surface area (Å²) in [5.74, 6) is -0.121. The summed E-state index contributed by atoms with van der Waals surface area (Å²) in [4.78, 5) is 15.2. The van der Waals surface area contributed by atoms with Gasteiger partial charge in [-0.3, -0.25) is 9.69 Å². The van der Waals surface area contributed by atoms with E-state index in [1.807, 2.05) is 18.2 Å². The van der Waals surface area contributed by atoms with Crippen LogP contribution in [0.5, 0.6) is 5.75 Å². The fourth-order valence-corrected chi connectivity index (χ4v) is 4.55. The van der Waals surface area contributed by atoms with Crippen molar-refractivity contribution in [1.29, 1.82) is 0 Å². The number of amides is 1. The monoisotopic (exact) mass is 417 g/mol. The molecular formula is C21H27N3O4S. The molecule has 3 N–H and O–H groups in total. The molecule has 0 saturated carbocycles. The maximum atomic E-state index is 12.9. The maximum absolute atomic E-state index is 12.9. The molecule has 0 bridgehead atoms. The second-order valence-electron chi connectivity index (χ2n) is 7.43. The second-order valence-corrected chi connectivity index (χ2v) is 9.41. The Morgan fingerprint density at radius 1 is 1.28 bits per heavy atom. The third kappa shape index (κ3) is 4.71. The molecule has 156 valence electrons. The van der Waals surface area contributed by atoms with E-state index >= 15 is 0 Å². The number of hydrogen-bond donors (Lipinski definition) is 2. The van der Waals surface area contributed by atoms with Gasteiger partial charge in [0.25, 0.3) is 5.91 Å². The van der Waals surface area contributed by atoms with Gasteiger partial charge in [-0.15, -0.1) is 0 Å². The number of carbonyl (C=O) groups excluding carboxylic acids is 1. The van der Waals surface area contributed by atoms with E-state index in [4.69, 9.17) is 10.5 Å². The number of nitrogens with one attached hydrogen (secondary N) is 1. The van der Waals surface area contributed by atoms with Gasteiger partial charge in [0.2, 0.25) is 0 Å². The highest BCUT2D eigenvalue weighted by Crippen LogP contribution is 2.29. The fourth-order valence-electron chi connectivity index (χ4n) is 3.73. The number of nitrogens with zero attached hydrogens (tertiary/aromatic N) is 1. The van der Waals surface area contributed by atoms with Gasteiger partial charge in [0, 0.05) is 37.5 Å². The number of nitrogens with two attached hydrogens (primary N) is 1. The number of rotatable bonds is 6. The van der Waals surface area contributed by atoms with Crippen LogP contribution < -0.4 is 15.8 Å². The zero-order chi connectivity index (χ0) is 21.2. The first-order valence-electron chi connectivity index (χ1n) is 9.47. The average Bonchev–Trinajstić information content (AvgIpc) is 3.00. The molecule has 0 aromatic heterocycles. The first kappa shape index (κ1) is 21.1. The minimum absolute atomic E-state index is 0.0462. The van der Waals surface area contributed by atoms with Crippen molar-refractivity contribution in [1.82, 2.24) is 10.2 Å². The summed E-state index contributed by atoms with van der Waals surface area (Å²) in [5.41, 5.74) is 7.28. The Hall–Kier alpha value is -2.58. The van der Waals surface area contributed by atoms with Crippen LogP contribution in [0.4, 0.5) is 5.69 Å². The normalized spacial score (nSPS) is 19.8. The maximum Gasteiger partial charge on any atom is 0.255 e. The van der Waals surface area contributed by atoms with Gasteiger partial charge in [-0.05, 0) is 25.0 Å². The molecule has 1 aliphatic heterocycles. The number of sulfone groups is 1. The van der Waals surface area contributed by atoms with Crippen molar-refractivity contribution in [3.63, 3.8) is 0 Å². The summed E-state index contributed by atoms with van der Waals surface area (Å²) in [5, 5.41) is 3.04. The summed E-state index contributed by atoms with van der Waals surface area (Å²) < 4.78 is 29.2. The predicted octanol–water partition coefficient (Wildman–Crippen LogP) is 2.07. The Balaban J connectivity index is 1.76. The van der Waals surface area contributed by atoms with Crippen molar-refractivity contribution in [2.24, 2.45) is 0 Å². The van der Waals surface area contributed by atoms with E-state index in [9.17, 15) is 13.2 Å². The molecular weight excluding hydrogens is 390 g/mol. The number of methoxy groups -OCH3 is 1. The van der Waals surface area contributed by atoms with E-state index < -0.39 is 9.84 Å². The summed E-state index contributed by atoms with van der Waals surface area (Å²) in [7, 11) is -2.14. The molecule has 1 heterocycles.